The van der Waals surface area contributed by atoms with Crippen LogP contribution >= 0.6 is 11.3 Å². The molecular formula is C14H15NO2S. The number of aromatic nitrogens is 1. The van der Waals surface area contributed by atoms with E-state index in [1.54, 1.807) is 5.38 Å². The molecule has 0 saturated heterocycles. The maximum absolute atomic E-state index is 11.1. The van der Waals surface area contributed by atoms with Gasteiger partial charge in [-0.1, -0.05) is 6.07 Å². The molecule has 1 aromatic carbocycles. The average molecular weight is 261 g/mol. The zero-order valence-electron chi connectivity index (χ0n) is 10.7. The number of nitrogens with zero attached hydrogens (tertiary/aromatic N) is 1. The summed E-state index contributed by atoms with van der Waals surface area (Å²) in [5.41, 5.74) is 2.86. The van der Waals surface area contributed by atoms with Gasteiger partial charge in [0.25, 0.3) is 0 Å². The molecule has 4 heteroatoms. The molecule has 0 bridgehead atoms. The minimum Gasteiger partial charge on any atom is -0.486 e. The van der Waals surface area contributed by atoms with E-state index in [4.69, 9.17) is 4.74 Å². The van der Waals surface area contributed by atoms with Crippen LogP contribution in [-0.4, -0.2) is 10.8 Å². The van der Waals surface area contributed by atoms with E-state index in [1.807, 2.05) is 26.0 Å². The van der Waals surface area contributed by atoms with Crippen LogP contribution in [0.4, 0.5) is 0 Å². The van der Waals surface area contributed by atoms with Gasteiger partial charge in [-0.25, -0.2) is 4.98 Å². The number of Topliss-reactive ketones (excluding diaryl/α,β-unsaturated/α-hetero) is 1. The van der Waals surface area contributed by atoms with Gasteiger partial charge in [0.2, 0.25) is 0 Å². The second kappa shape index (κ2) is 5.31. The standard InChI is InChI=1S/C14H15NO2S/c1-9-4-10(2)6-12(5-9)17-7-14-15-13(8-18-14)11(3)16/h4-6,8H,7H2,1-3H3. The van der Waals surface area contributed by atoms with Gasteiger partial charge in [0, 0.05) is 12.3 Å². The van der Waals surface area contributed by atoms with Crippen LogP contribution in [0.2, 0.25) is 0 Å². The molecule has 0 N–H and O–H groups in total. The molecule has 0 spiro atoms. The van der Waals surface area contributed by atoms with E-state index in [1.165, 1.54) is 29.4 Å². The molecule has 3 nitrogen and oxygen atoms in total. The number of aryl methyl sites for hydroxylation is 2. The Labute approximate surface area is 110 Å². The monoisotopic (exact) mass is 261 g/mol. The van der Waals surface area contributed by atoms with Crippen LogP contribution in [0.5, 0.6) is 5.75 Å². The molecule has 0 radical (unpaired) electrons. The highest BCUT2D eigenvalue weighted by Gasteiger charge is 2.06. The first-order valence-electron chi connectivity index (χ1n) is 5.71. The van der Waals surface area contributed by atoms with Gasteiger partial charge in [-0.3, -0.25) is 4.79 Å². The number of hydrogen-bond acceptors (Lipinski definition) is 4. The van der Waals surface area contributed by atoms with Crippen molar-refractivity contribution in [3.8, 4) is 5.75 Å². The van der Waals surface area contributed by atoms with Crippen molar-refractivity contribution >= 4 is 17.1 Å². The fourth-order valence-electron chi connectivity index (χ4n) is 1.70. The Morgan fingerprint density at radius 1 is 1.28 bits per heavy atom. The summed E-state index contributed by atoms with van der Waals surface area (Å²) in [6, 6.07) is 6.09. The van der Waals surface area contributed by atoms with Gasteiger partial charge in [-0.05, 0) is 37.1 Å². The number of thiazole rings is 1. The molecule has 1 heterocycles. The van der Waals surface area contributed by atoms with Crippen molar-refractivity contribution in [1.82, 2.24) is 4.98 Å². The predicted octanol–water partition coefficient (Wildman–Crippen LogP) is 3.54. The van der Waals surface area contributed by atoms with Crippen molar-refractivity contribution in [2.75, 3.05) is 0 Å². The van der Waals surface area contributed by atoms with E-state index >= 15 is 0 Å². The molecule has 2 aromatic rings. The number of rotatable bonds is 4. The summed E-state index contributed by atoms with van der Waals surface area (Å²) < 4.78 is 5.68. The molecule has 0 aliphatic carbocycles. The Bertz CT molecular complexity index is 555. The number of hydrogen-bond donors (Lipinski definition) is 0. The Kier molecular flexibility index (Phi) is 3.77. The van der Waals surface area contributed by atoms with Gasteiger partial charge in [0.1, 0.15) is 23.1 Å². The van der Waals surface area contributed by atoms with Gasteiger partial charge in [-0.15, -0.1) is 11.3 Å². The van der Waals surface area contributed by atoms with E-state index in [0.29, 0.717) is 12.3 Å². The van der Waals surface area contributed by atoms with Crippen molar-refractivity contribution in [2.24, 2.45) is 0 Å². The molecular weight excluding hydrogens is 246 g/mol. The summed E-state index contributed by atoms with van der Waals surface area (Å²) in [7, 11) is 0. The second-order valence-electron chi connectivity index (χ2n) is 4.29. The zero-order valence-corrected chi connectivity index (χ0v) is 11.5. The lowest BCUT2D eigenvalue weighted by Crippen LogP contribution is -1.98. The van der Waals surface area contributed by atoms with Crippen LogP contribution in [0.15, 0.2) is 23.6 Å². The number of carbonyl (C=O) groups is 1. The third-order valence-electron chi connectivity index (χ3n) is 2.47. The molecule has 0 saturated carbocycles. The molecule has 1 aromatic heterocycles. The first-order chi connectivity index (χ1) is 8.54. The van der Waals surface area contributed by atoms with E-state index in [0.717, 1.165) is 10.8 Å². The highest BCUT2D eigenvalue weighted by atomic mass is 32.1. The van der Waals surface area contributed by atoms with E-state index < -0.39 is 0 Å². The molecule has 18 heavy (non-hydrogen) atoms. The minimum atomic E-state index is -0.0103. The lowest BCUT2D eigenvalue weighted by atomic mass is 10.1. The van der Waals surface area contributed by atoms with Gasteiger partial charge < -0.3 is 4.74 Å². The molecule has 0 aliphatic rings. The van der Waals surface area contributed by atoms with E-state index in [-0.39, 0.29) is 5.78 Å². The third kappa shape index (κ3) is 3.17. The predicted molar refractivity (Wildman–Crippen MR) is 72.4 cm³/mol. The topological polar surface area (TPSA) is 39.2 Å². The summed E-state index contributed by atoms with van der Waals surface area (Å²) in [5.74, 6) is 0.830. The molecule has 0 atom stereocenters. The fraction of sp³-hybridized carbons (Fsp3) is 0.286. The lowest BCUT2D eigenvalue weighted by molar-refractivity contribution is 0.101. The Morgan fingerprint density at radius 3 is 2.50 bits per heavy atom. The smallest absolute Gasteiger partial charge is 0.178 e. The third-order valence-corrected chi connectivity index (χ3v) is 3.29. The van der Waals surface area contributed by atoms with Crippen molar-refractivity contribution < 1.29 is 9.53 Å². The normalized spacial score (nSPS) is 10.4. The molecule has 2 rings (SSSR count). The first kappa shape index (κ1) is 12.8. The quantitative estimate of drug-likeness (QED) is 0.790. The van der Waals surface area contributed by atoms with Crippen LogP contribution in [-0.2, 0) is 6.61 Å². The minimum absolute atomic E-state index is 0.0103. The Hall–Kier alpha value is -1.68. The maximum atomic E-state index is 11.1. The Balaban J connectivity index is 2.04. The van der Waals surface area contributed by atoms with Crippen LogP contribution < -0.4 is 4.74 Å². The van der Waals surface area contributed by atoms with Crippen LogP contribution in [0.1, 0.15) is 33.5 Å². The van der Waals surface area contributed by atoms with Crippen molar-refractivity contribution in [3.63, 3.8) is 0 Å². The fourth-order valence-corrected chi connectivity index (χ4v) is 2.44. The summed E-state index contributed by atoms with van der Waals surface area (Å²) in [6.07, 6.45) is 0. The zero-order chi connectivity index (χ0) is 13.1. The van der Waals surface area contributed by atoms with Crippen LogP contribution in [0.3, 0.4) is 0 Å². The largest absolute Gasteiger partial charge is 0.486 e. The summed E-state index contributed by atoms with van der Waals surface area (Å²) in [4.78, 5) is 15.3. The molecule has 0 fully saturated rings. The average Bonchev–Trinajstić information content (AvgIpc) is 2.73. The van der Waals surface area contributed by atoms with Gasteiger partial charge in [-0.2, -0.15) is 0 Å². The summed E-state index contributed by atoms with van der Waals surface area (Å²) >= 11 is 1.45. The molecule has 0 amide bonds. The Morgan fingerprint density at radius 2 is 1.94 bits per heavy atom. The summed E-state index contributed by atoms with van der Waals surface area (Å²) in [5, 5.41) is 2.59. The van der Waals surface area contributed by atoms with Gasteiger partial charge >= 0.3 is 0 Å². The lowest BCUT2D eigenvalue weighted by Gasteiger charge is -2.06. The SMILES string of the molecule is CC(=O)c1csc(COc2cc(C)cc(C)c2)n1. The van der Waals surface area contributed by atoms with Gasteiger partial charge in [0.15, 0.2) is 5.78 Å². The van der Waals surface area contributed by atoms with Crippen molar-refractivity contribution in [2.45, 2.75) is 27.4 Å². The number of carbonyl (C=O) groups excluding carboxylic acids is 1. The van der Waals surface area contributed by atoms with E-state index in [2.05, 4.69) is 11.1 Å². The second-order valence-corrected chi connectivity index (χ2v) is 5.24. The van der Waals surface area contributed by atoms with Crippen molar-refractivity contribution in [3.05, 3.63) is 45.4 Å². The number of ketones is 1. The van der Waals surface area contributed by atoms with Crippen LogP contribution in [0.25, 0.3) is 0 Å². The van der Waals surface area contributed by atoms with Gasteiger partial charge in [0.05, 0.1) is 0 Å². The number of ether oxygens (including phenoxy) is 1. The van der Waals surface area contributed by atoms with Crippen molar-refractivity contribution in [1.29, 1.82) is 0 Å². The molecule has 94 valence electrons. The summed E-state index contributed by atoms with van der Waals surface area (Å²) in [6.45, 7) is 6.00. The highest BCUT2D eigenvalue weighted by Crippen LogP contribution is 2.19. The number of benzene rings is 1. The van der Waals surface area contributed by atoms with Crippen LogP contribution in [0, 0.1) is 13.8 Å². The van der Waals surface area contributed by atoms with E-state index in [9.17, 15) is 4.79 Å². The first-order valence-corrected chi connectivity index (χ1v) is 6.59. The molecule has 0 unspecified atom stereocenters. The highest BCUT2D eigenvalue weighted by molar-refractivity contribution is 7.09. The maximum Gasteiger partial charge on any atom is 0.178 e. The molecule has 0 aliphatic heterocycles.